The van der Waals surface area contributed by atoms with E-state index < -0.39 is 4.92 Å². The molecule has 0 aliphatic heterocycles. The number of benzene rings is 1. The Morgan fingerprint density at radius 2 is 2.31 bits per heavy atom. The summed E-state index contributed by atoms with van der Waals surface area (Å²) in [5, 5.41) is 19.1. The first-order valence-electron chi connectivity index (χ1n) is 3.86. The van der Waals surface area contributed by atoms with Gasteiger partial charge in [0.2, 0.25) is 0 Å². The summed E-state index contributed by atoms with van der Waals surface area (Å²) in [5.41, 5.74) is 1.15. The van der Waals surface area contributed by atoms with Crippen LogP contribution in [0.5, 0.6) is 0 Å². The average molecular weight is 176 g/mol. The van der Waals surface area contributed by atoms with E-state index in [2.05, 4.69) is 0 Å². The molecule has 0 fully saturated rings. The van der Waals surface area contributed by atoms with Crippen molar-refractivity contribution in [3.63, 3.8) is 0 Å². The van der Waals surface area contributed by atoms with Gasteiger partial charge in [0.05, 0.1) is 16.6 Å². The molecule has 1 rings (SSSR count). The molecule has 13 heavy (non-hydrogen) atoms. The first kappa shape index (κ1) is 9.20. The topological polar surface area (TPSA) is 66.9 Å². The van der Waals surface area contributed by atoms with Crippen molar-refractivity contribution in [2.24, 2.45) is 0 Å². The Balaban J connectivity index is 3.25. The van der Waals surface area contributed by atoms with E-state index in [0.717, 1.165) is 0 Å². The van der Waals surface area contributed by atoms with Crippen LogP contribution in [-0.4, -0.2) is 4.92 Å². The zero-order valence-corrected chi connectivity index (χ0v) is 7.15. The molecule has 0 aliphatic carbocycles. The summed E-state index contributed by atoms with van der Waals surface area (Å²) in [5.74, 6) is 0. The molecule has 0 radical (unpaired) electrons. The van der Waals surface area contributed by atoms with E-state index in [4.69, 9.17) is 5.26 Å². The van der Waals surface area contributed by atoms with E-state index in [1.165, 1.54) is 12.1 Å². The van der Waals surface area contributed by atoms with Crippen LogP contribution in [0.25, 0.3) is 0 Å². The maximum absolute atomic E-state index is 10.5. The van der Waals surface area contributed by atoms with Gasteiger partial charge in [0, 0.05) is 11.6 Å². The van der Waals surface area contributed by atoms with Crippen molar-refractivity contribution in [2.75, 3.05) is 0 Å². The van der Waals surface area contributed by atoms with Gasteiger partial charge in [-0.1, -0.05) is 6.92 Å². The van der Waals surface area contributed by atoms with E-state index in [9.17, 15) is 10.1 Å². The van der Waals surface area contributed by atoms with Gasteiger partial charge in [0.1, 0.15) is 0 Å². The number of nitriles is 1. The number of hydrogen-bond donors (Lipinski definition) is 0. The van der Waals surface area contributed by atoms with Crippen LogP contribution in [0.4, 0.5) is 5.69 Å². The molecule has 0 spiro atoms. The summed E-state index contributed by atoms with van der Waals surface area (Å²) in [6.45, 7) is 1.82. The van der Waals surface area contributed by atoms with E-state index in [1.807, 2.05) is 13.0 Å². The number of aryl methyl sites for hydroxylation is 1. The molecule has 0 heterocycles. The van der Waals surface area contributed by atoms with Crippen LogP contribution in [-0.2, 0) is 6.42 Å². The van der Waals surface area contributed by atoms with Crippen LogP contribution < -0.4 is 0 Å². The summed E-state index contributed by atoms with van der Waals surface area (Å²) in [6.07, 6.45) is 0.561. The molecular weight excluding hydrogens is 168 g/mol. The van der Waals surface area contributed by atoms with Gasteiger partial charge in [-0.15, -0.1) is 0 Å². The van der Waals surface area contributed by atoms with Crippen molar-refractivity contribution in [3.8, 4) is 6.07 Å². The third-order valence-electron chi connectivity index (χ3n) is 1.79. The smallest absolute Gasteiger partial charge is 0.258 e. The summed E-state index contributed by atoms with van der Waals surface area (Å²) >= 11 is 0. The lowest BCUT2D eigenvalue weighted by molar-refractivity contribution is -0.385. The van der Waals surface area contributed by atoms with E-state index >= 15 is 0 Å². The number of nitro groups is 1. The van der Waals surface area contributed by atoms with Crippen molar-refractivity contribution >= 4 is 5.69 Å². The Kier molecular flexibility index (Phi) is 2.60. The molecule has 0 amide bonds. The second-order valence-corrected chi connectivity index (χ2v) is 2.57. The minimum atomic E-state index is -0.431. The van der Waals surface area contributed by atoms with Crippen LogP contribution in [0.1, 0.15) is 18.1 Å². The third kappa shape index (κ3) is 1.82. The van der Waals surface area contributed by atoms with Gasteiger partial charge in [-0.05, 0) is 18.6 Å². The third-order valence-corrected chi connectivity index (χ3v) is 1.79. The summed E-state index contributed by atoms with van der Waals surface area (Å²) < 4.78 is 0. The first-order valence-corrected chi connectivity index (χ1v) is 3.86. The molecule has 0 aliphatic rings. The first-order chi connectivity index (χ1) is 6.19. The molecule has 1 aromatic carbocycles. The second-order valence-electron chi connectivity index (χ2n) is 2.57. The van der Waals surface area contributed by atoms with Crippen LogP contribution in [0.15, 0.2) is 18.2 Å². The maximum atomic E-state index is 10.5. The zero-order chi connectivity index (χ0) is 9.84. The standard InChI is InChI=1S/C9H8N2O2/c1-2-8-5-7(6-10)3-4-9(8)11(12)13/h3-5H,2H2,1H3. The molecule has 0 unspecified atom stereocenters. The van der Waals surface area contributed by atoms with Crippen LogP contribution in [0.2, 0.25) is 0 Å². The number of nitrogens with zero attached hydrogens (tertiary/aromatic N) is 2. The summed E-state index contributed by atoms with van der Waals surface area (Å²) in [4.78, 5) is 10.1. The molecule has 0 aromatic heterocycles. The van der Waals surface area contributed by atoms with Crippen LogP contribution >= 0.6 is 0 Å². The highest BCUT2D eigenvalue weighted by molar-refractivity contribution is 5.46. The lowest BCUT2D eigenvalue weighted by Crippen LogP contribution is -1.94. The normalized spacial score (nSPS) is 9.23. The Morgan fingerprint density at radius 1 is 1.62 bits per heavy atom. The Bertz CT molecular complexity index is 380. The average Bonchev–Trinajstić information content (AvgIpc) is 2.16. The van der Waals surface area contributed by atoms with Gasteiger partial charge in [0.25, 0.3) is 5.69 Å². The minimum absolute atomic E-state index is 0.0847. The number of hydrogen-bond acceptors (Lipinski definition) is 3. The Morgan fingerprint density at radius 3 is 2.77 bits per heavy atom. The van der Waals surface area contributed by atoms with Gasteiger partial charge >= 0.3 is 0 Å². The molecule has 1 aromatic rings. The molecule has 0 atom stereocenters. The predicted molar refractivity (Wildman–Crippen MR) is 47.2 cm³/mol. The maximum Gasteiger partial charge on any atom is 0.272 e. The Hall–Kier alpha value is -1.89. The predicted octanol–water partition coefficient (Wildman–Crippen LogP) is 2.03. The molecule has 0 bridgehead atoms. The van der Waals surface area contributed by atoms with Gasteiger partial charge in [-0.2, -0.15) is 5.26 Å². The zero-order valence-electron chi connectivity index (χ0n) is 7.15. The second kappa shape index (κ2) is 3.68. The van der Waals surface area contributed by atoms with Crippen LogP contribution in [0.3, 0.4) is 0 Å². The molecule has 66 valence electrons. The van der Waals surface area contributed by atoms with Gasteiger partial charge in [-0.25, -0.2) is 0 Å². The number of nitro benzene ring substituents is 1. The van der Waals surface area contributed by atoms with Gasteiger partial charge < -0.3 is 0 Å². The number of rotatable bonds is 2. The SMILES string of the molecule is CCc1cc(C#N)ccc1[N+](=O)[O-]. The lowest BCUT2D eigenvalue weighted by atomic mass is 10.1. The quantitative estimate of drug-likeness (QED) is 0.511. The molecule has 4 heteroatoms. The highest BCUT2D eigenvalue weighted by Gasteiger charge is 2.11. The highest BCUT2D eigenvalue weighted by atomic mass is 16.6. The molecule has 0 N–H and O–H groups in total. The molecule has 0 saturated carbocycles. The van der Waals surface area contributed by atoms with Crippen molar-refractivity contribution in [1.29, 1.82) is 5.26 Å². The van der Waals surface area contributed by atoms with E-state index in [0.29, 0.717) is 17.5 Å². The van der Waals surface area contributed by atoms with E-state index in [1.54, 1.807) is 6.07 Å². The lowest BCUT2D eigenvalue weighted by Gasteiger charge is -1.98. The largest absolute Gasteiger partial charge is 0.272 e. The fraction of sp³-hybridized carbons (Fsp3) is 0.222. The minimum Gasteiger partial charge on any atom is -0.258 e. The highest BCUT2D eigenvalue weighted by Crippen LogP contribution is 2.19. The fourth-order valence-electron chi connectivity index (χ4n) is 1.12. The molecular formula is C9H8N2O2. The van der Waals surface area contributed by atoms with Crippen molar-refractivity contribution in [2.45, 2.75) is 13.3 Å². The van der Waals surface area contributed by atoms with Gasteiger partial charge in [-0.3, -0.25) is 10.1 Å². The Labute approximate surface area is 75.6 Å². The van der Waals surface area contributed by atoms with Gasteiger partial charge in [0.15, 0.2) is 0 Å². The van der Waals surface area contributed by atoms with E-state index in [-0.39, 0.29) is 5.69 Å². The van der Waals surface area contributed by atoms with Crippen molar-refractivity contribution < 1.29 is 4.92 Å². The molecule has 4 nitrogen and oxygen atoms in total. The summed E-state index contributed by atoms with van der Waals surface area (Å²) in [6, 6.07) is 6.33. The monoisotopic (exact) mass is 176 g/mol. The molecule has 0 saturated heterocycles. The van der Waals surface area contributed by atoms with Crippen molar-refractivity contribution in [3.05, 3.63) is 39.4 Å². The fourth-order valence-corrected chi connectivity index (χ4v) is 1.12. The van der Waals surface area contributed by atoms with Crippen LogP contribution in [0, 0.1) is 21.4 Å². The summed E-state index contributed by atoms with van der Waals surface area (Å²) in [7, 11) is 0. The van der Waals surface area contributed by atoms with Crippen molar-refractivity contribution in [1.82, 2.24) is 0 Å².